The van der Waals surface area contributed by atoms with Gasteiger partial charge < -0.3 is 5.32 Å². The molecule has 1 aromatic carbocycles. The van der Waals surface area contributed by atoms with E-state index in [1.54, 1.807) is 11.3 Å². The Bertz CT molecular complexity index is 772. The summed E-state index contributed by atoms with van der Waals surface area (Å²) < 4.78 is 0. The summed E-state index contributed by atoms with van der Waals surface area (Å²) in [7, 11) is 0. The molecule has 5 heteroatoms. The number of nitrogens with zero attached hydrogens (tertiary/aromatic N) is 3. The topological polar surface area (TPSA) is 41.1 Å². The molecular weight excluding hydrogens is 316 g/mol. The Morgan fingerprint density at radius 2 is 1.96 bits per heavy atom. The molecule has 0 aliphatic carbocycles. The van der Waals surface area contributed by atoms with Crippen LogP contribution in [0.25, 0.3) is 10.6 Å². The van der Waals surface area contributed by atoms with Crippen LogP contribution in [0.2, 0.25) is 0 Å². The van der Waals surface area contributed by atoms with Gasteiger partial charge in [0.2, 0.25) is 0 Å². The van der Waals surface area contributed by atoms with Crippen molar-refractivity contribution in [1.29, 1.82) is 0 Å². The average Bonchev–Trinajstić information content (AvgIpc) is 3.12. The molecule has 0 bridgehead atoms. The first-order valence-electron chi connectivity index (χ1n) is 8.25. The van der Waals surface area contributed by atoms with Crippen molar-refractivity contribution in [1.82, 2.24) is 20.2 Å². The van der Waals surface area contributed by atoms with Crippen LogP contribution in [-0.2, 0) is 6.54 Å². The average molecular weight is 336 g/mol. The molecule has 3 heterocycles. The molecule has 1 atom stereocenters. The summed E-state index contributed by atoms with van der Waals surface area (Å²) >= 11 is 1.79. The van der Waals surface area contributed by atoms with E-state index >= 15 is 0 Å². The Morgan fingerprint density at radius 1 is 1.12 bits per heavy atom. The lowest BCUT2D eigenvalue weighted by Gasteiger charge is -2.36. The maximum atomic E-state index is 4.62. The maximum Gasteiger partial charge on any atom is 0.123 e. The molecule has 0 amide bonds. The second-order valence-electron chi connectivity index (χ2n) is 5.97. The first-order chi connectivity index (χ1) is 11.9. The molecule has 0 spiro atoms. The molecular formula is C19H20N4S. The van der Waals surface area contributed by atoms with Crippen LogP contribution >= 0.6 is 11.3 Å². The SMILES string of the molecule is c1ccc(-c2ncc(CN3CCNCC3c3ccncc3)s2)cc1. The van der Waals surface area contributed by atoms with Crippen molar-refractivity contribution < 1.29 is 0 Å². The number of piperazine rings is 1. The standard InChI is InChI=1S/C19H20N4S/c1-2-4-16(5-3-1)19-22-12-17(24-19)14-23-11-10-21-13-18(23)15-6-8-20-9-7-15/h1-9,12,18,21H,10-11,13-14H2. The quantitative estimate of drug-likeness (QED) is 0.793. The second kappa shape index (κ2) is 7.21. The summed E-state index contributed by atoms with van der Waals surface area (Å²) in [6.45, 7) is 4.00. The smallest absolute Gasteiger partial charge is 0.123 e. The number of rotatable bonds is 4. The van der Waals surface area contributed by atoms with Crippen molar-refractivity contribution in [3.05, 3.63) is 71.5 Å². The lowest BCUT2D eigenvalue weighted by molar-refractivity contribution is 0.155. The van der Waals surface area contributed by atoms with Gasteiger partial charge in [0.25, 0.3) is 0 Å². The van der Waals surface area contributed by atoms with E-state index in [0.717, 1.165) is 31.2 Å². The van der Waals surface area contributed by atoms with E-state index in [2.05, 4.69) is 56.6 Å². The van der Waals surface area contributed by atoms with Gasteiger partial charge in [0, 0.05) is 61.3 Å². The predicted octanol–water partition coefficient (Wildman–Crippen LogP) is 3.35. The third kappa shape index (κ3) is 3.38. The number of thiazole rings is 1. The Hall–Kier alpha value is -2.08. The summed E-state index contributed by atoms with van der Waals surface area (Å²) in [5, 5.41) is 4.60. The summed E-state index contributed by atoms with van der Waals surface area (Å²) in [6.07, 6.45) is 5.78. The van der Waals surface area contributed by atoms with Crippen LogP contribution < -0.4 is 5.32 Å². The van der Waals surface area contributed by atoms with E-state index in [1.807, 2.05) is 24.7 Å². The Morgan fingerprint density at radius 3 is 2.79 bits per heavy atom. The maximum absolute atomic E-state index is 4.62. The summed E-state index contributed by atoms with van der Waals surface area (Å²) in [6, 6.07) is 15.0. The van der Waals surface area contributed by atoms with Crippen molar-refractivity contribution in [2.75, 3.05) is 19.6 Å². The van der Waals surface area contributed by atoms with Gasteiger partial charge in [-0.15, -0.1) is 11.3 Å². The first kappa shape index (κ1) is 15.4. The third-order valence-corrected chi connectivity index (χ3v) is 5.41. The van der Waals surface area contributed by atoms with Crippen molar-refractivity contribution in [2.45, 2.75) is 12.6 Å². The van der Waals surface area contributed by atoms with Crippen molar-refractivity contribution in [2.24, 2.45) is 0 Å². The van der Waals surface area contributed by atoms with E-state index in [0.29, 0.717) is 6.04 Å². The highest BCUT2D eigenvalue weighted by atomic mass is 32.1. The van der Waals surface area contributed by atoms with Gasteiger partial charge in [0.05, 0.1) is 0 Å². The Labute approximate surface area is 146 Å². The van der Waals surface area contributed by atoms with Gasteiger partial charge in [0.15, 0.2) is 0 Å². The molecule has 1 aliphatic heterocycles. The zero-order valence-electron chi connectivity index (χ0n) is 13.4. The van der Waals surface area contributed by atoms with Crippen LogP contribution in [0.15, 0.2) is 61.1 Å². The van der Waals surface area contributed by atoms with Crippen LogP contribution in [0.1, 0.15) is 16.5 Å². The highest BCUT2D eigenvalue weighted by Gasteiger charge is 2.24. The minimum atomic E-state index is 0.393. The van der Waals surface area contributed by atoms with Gasteiger partial charge in [-0.05, 0) is 17.7 Å². The lowest BCUT2D eigenvalue weighted by Crippen LogP contribution is -2.45. The molecule has 1 aliphatic rings. The largest absolute Gasteiger partial charge is 0.314 e. The monoisotopic (exact) mass is 336 g/mol. The normalized spacial score (nSPS) is 18.6. The minimum Gasteiger partial charge on any atom is -0.314 e. The molecule has 4 nitrogen and oxygen atoms in total. The number of benzene rings is 1. The van der Waals surface area contributed by atoms with Gasteiger partial charge >= 0.3 is 0 Å². The summed E-state index contributed by atoms with van der Waals surface area (Å²) in [5.41, 5.74) is 2.52. The van der Waals surface area contributed by atoms with Crippen molar-refractivity contribution in [3.8, 4) is 10.6 Å². The first-order valence-corrected chi connectivity index (χ1v) is 9.06. The summed E-state index contributed by atoms with van der Waals surface area (Å²) in [4.78, 5) is 12.6. The highest BCUT2D eigenvalue weighted by molar-refractivity contribution is 7.15. The van der Waals surface area contributed by atoms with Crippen molar-refractivity contribution >= 4 is 11.3 Å². The van der Waals surface area contributed by atoms with E-state index < -0.39 is 0 Å². The molecule has 1 fully saturated rings. The molecule has 0 saturated carbocycles. The highest BCUT2D eigenvalue weighted by Crippen LogP contribution is 2.29. The fourth-order valence-corrected chi connectivity index (χ4v) is 4.09. The molecule has 3 aromatic rings. The molecule has 4 rings (SSSR count). The molecule has 2 aromatic heterocycles. The van der Waals surface area contributed by atoms with Crippen LogP contribution in [-0.4, -0.2) is 34.5 Å². The van der Waals surface area contributed by atoms with Crippen LogP contribution in [0, 0.1) is 0 Å². The summed E-state index contributed by atoms with van der Waals surface area (Å²) in [5.74, 6) is 0. The van der Waals surface area contributed by atoms with E-state index in [4.69, 9.17) is 0 Å². The third-order valence-electron chi connectivity index (χ3n) is 4.38. The van der Waals surface area contributed by atoms with Gasteiger partial charge in [-0.25, -0.2) is 4.98 Å². The molecule has 1 saturated heterocycles. The van der Waals surface area contributed by atoms with Gasteiger partial charge in [-0.3, -0.25) is 9.88 Å². The number of nitrogens with one attached hydrogen (secondary N) is 1. The fourth-order valence-electron chi connectivity index (χ4n) is 3.14. The molecule has 24 heavy (non-hydrogen) atoms. The molecule has 1 N–H and O–H groups in total. The number of aromatic nitrogens is 2. The van der Waals surface area contributed by atoms with Crippen molar-refractivity contribution in [3.63, 3.8) is 0 Å². The van der Waals surface area contributed by atoms with Crippen LogP contribution in [0.4, 0.5) is 0 Å². The second-order valence-corrected chi connectivity index (χ2v) is 7.08. The van der Waals surface area contributed by atoms with Gasteiger partial charge in [-0.1, -0.05) is 30.3 Å². The van der Waals surface area contributed by atoms with Gasteiger partial charge in [0.1, 0.15) is 5.01 Å². The number of hydrogen-bond acceptors (Lipinski definition) is 5. The predicted molar refractivity (Wildman–Crippen MR) is 97.8 cm³/mol. The lowest BCUT2D eigenvalue weighted by atomic mass is 10.0. The molecule has 1 unspecified atom stereocenters. The van der Waals surface area contributed by atoms with Gasteiger partial charge in [-0.2, -0.15) is 0 Å². The minimum absolute atomic E-state index is 0.393. The molecule has 0 radical (unpaired) electrons. The Kier molecular flexibility index (Phi) is 4.64. The van der Waals surface area contributed by atoms with E-state index in [9.17, 15) is 0 Å². The Balaban J connectivity index is 1.52. The van der Waals surface area contributed by atoms with Crippen LogP contribution in [0.3, 0.4) is 0 Å². The zero-order chi connectivity index (χ0) is 16.2. The zero-order valence-corrected chi connectivity index (χ0v) is 14.2. The number of hydrogen-bond donors (Lipinski definition) is 1. The molecule has 122 valence electrons. The van der Waals surface area contributed by atoms with Crippen LogP contribution in [0.5, 0.6) is 0 Å². The fraction of sp³-hybridized carbons (Fsp3) is 0.263. The van der Waals surface area contributed by atoms with E-state index in [-0.39, 0.29) is 0 Å². The van der Waals surface area contributed by atoms with E-state index in [1.165, 1.54) is 16.0 Å². The number of pyridine rings is 1.